The molecule has 0 heterocycles. The summed E-state index contributed by atoms with van der Waals surface area (Å²) in [6, 6.07) is 11.5. The van der Waals surface area contributed by atoms with Crippen molar-refractivity contribution in [3.05, 3.63) is 58.6 Å². The van der Waals surface area contributed by atoms with Crippen LogP contribution in [0.25, 0.3) is 0 Å². The molecule has 0 aliphatic heterocycles. The number of hydrogen-bond acceptors (Lipinski definition) is 3. The average Bonchev–Trinajstić information content (AvgIpc) is 2.66. The van der Waals surface area contributed by atoms with Crippen LogP contribution in [0, 0.1) is 0 Å². The van der Waals surface area contributed by atoms with E-state index in [1.54, 1.807) is 31.2 Å². The number of benzene rings is 2. The van der Waals surface area contributed by atoms with Crippen LogP contribution in [0.15, 0.2) is 42.5 Å². The van der Waals surface area contributed by atoms with Crippen molar-refractivity contribution in [3.8, 4) is 0 Å². The fraction of sp³-hybridized carbons (Fsp3) is 0.381. The molecule has 0 spiro atoms. The second-order valence-corrected chi connectivity index (χ2v) is 8.90. The third-order valence-corrected chi connectivity index (χ3v) is 6.09. The Bertz CT molecular complexity index is 905. The molecule has 1 N–H and O–H groups in total. The average molecular weight is 423 g/mol. The van der Waals surface area contributed by atoms with Crippen molar-refractivity contribution in [2.75, 3.05) is 15.9 Å². The Morgan fingerprint density at radius 3 is 2.00 bits per heavy atom. The molecule has 7 heteroatoms. The molecular weight excluding hydrogens is 396 g/mol. The second-order valence-electron chi connectivity index (χ2n) is 6.61. The van der Waals surface area contributed by atoms with Crippen LogP contribution in [0.1, 0.15) is 38.3 Å². The summed E-state index contributed by atoms with van der Waals surface area (Å²) in [7, 11) is -3.68. The van der Waals surface area contributed by atoms with Crippen molar-refractivity contribution in [1.29, 1.82) is 0 Å². The standard InChI is InChI=1S/C21H27ClN2O3S/c1-5-15-9-8-10-16(6-2)20(15)23-21(25)19(7-3)24(28(4,26)27)18-13-11-17(22)12-14-18/h8-14,19H,5-7H2,1-4H3,(H,23,25)/t19-/m1/s1. The van der Waals surface area contributed by atoms with E-state index in [4.69, 9.17) is 11.6 Å². The summed E-state index contributed by atoms with van der Waals surface area (Å²) in [5.74, 6) is -0.349. The molecule has 5 nitrogen and oxygen atoms in total. The lowest BCUT2D eigenvalue weighted by Crippen LogP contribution is -2.47. The first-order valence-corrected chi connectivity index (χ1v) is 11.6. The molecule has 1 atom stereocenters. The number of nitrogens with one attached hydrogen (secondary N) is 1. The van der Waals surface area contributed by atoms with Crippen LogP contribution in [-0.4, -0.2) is 26.6 Å². The molecule has 28 heavy (non-hydrogen) atoms. The molecule has 152 valence electrons. The van der Waals surface area contributed by atoms with Crippen LogP contribution < -0.4 is 9.62 Å². The van der Waals surface area contributed by atoms with E-state index in [0.717, 1.165) is 35.9 Å². The molecule has 0 radical (unpaired) electrons. The highest BCUT2D eigenvalue weighted by Gasteiger charge is 2.32. The van der Waals surface area contributed by atoms with E-state index in [-0.39, 0.29) is 5.91 Å². The summed E-state index contributed by atoms with van der Waals surface area (Å²) in [5, 5.41) is 3.49. The summed E-state index contributed by atoms with van der Waals surface area (Å²) in [6.45, 7) is 5.85. The number of sulfonamides is 1. The number of carbonyl (C=O) groups excluding carboxylic acids is 1. The molecule has 0 aliphatic rings. The van der Waals surface area contributed by atoms with E-state index in [0.29, 0.717) is 17.1 Å². The first-order valence-electron chi connectivity index (χ1n) is 9.39. The largest absolute Gasteiger partial charge is 0.324 e. The highest BCUT2D eigenvalue weighted by atomic mass is 35.5. The van der Waals surface area contributed by atoms with E-state index in [1.807, 2.05) is 32.0 Å². The summed E-state index contributed by atoms with van der Waals surface area (Å²) in [4.78, 5) is 13.2. The quantitative estimate of drug-likeness (QED) is 0.673. The van der Waals surface area contributed by atoms with Crippen LogP contribution in [0.2, 0.25) is 5.02 Å². The highest BCUT2D eigenvalue weighted by Crippen LogP contribution is 2.27. The molecule has 0 bridgehead atoms. The van der Waals surface area contributed by atoms with E-state index in [2.05, 4.69) is 5.32 Å². The van der Waals surface area contributed by atoms with Crippen molar-refractivity contribution >= 4 is 38.9 Å². The first kappa shape index (κ1) is 22.2. The lowest BCUT2D eigenvalue weighted by atomic mass is 10.0. The van der Waals surface area contributed by atoms with Gasteiger partial charge in [-0.25, -0.2) is 8.42 Å². The van der Waals surface area contributed by atoms with Crippen molar-refractivity contribution in [2.45, 2.75) is 46.1 Å². The van der Waals surface area contributed by atoms with E-state index in [1.165, 1.54) is 4.31 Å². The highest BCUT2D eigenvalue weighted by molar-refractivity contribution is 7.92. The molecule has 0 saturated carbocycles. The Morgan fingerprint density at radius 1 is 1.04 bits per heavy atom. The van der Waals surface area contributed by atoms with Gasteiger partial charge in [-0.05, 0) is 54.7 Å². The summed E-state index contributed by atoms with van der Waals surface area (Å²) in [6.07, 6.45) is 2.98. The molecule has 0 unspecified atom stereocenters. The molecule has 2 aromatic carbocycles. The molecule has 2 aromatic rings. The van der Waals surface area contributed by atoms with E-state index < -0.39 is 16.1 Å². The second kappa shape index (κ2) is 9.43. The van der Waals surface area contributed by atoms with Gasteiger partial charge in [-0.2, -0.15) is 0 Å². The van der Waals surface area contributed by atoms with Crippen LogP contribution in [0.5, 0.6) is 0 Å². The first-order chi connectivity index (χ1) is 13.2. The Hall–Kier alpha value is -2.05. The maximum absolute atomic E-state index is 13.2. The van der Waals surface area contributed by atoms with Crippen LogP contribution in [-0.2, 0) is 27.7 Å². The van der Waals surface area contributed by atoms with Crippen LogP contribution in [0.4, 0.5) is 11.4 Å². The number of nitrogens with zero attached hydrogens (tertiary/aromatic N) is 1. The maximum atomic E-state index is 13.2. The monoisotopic (exact) mass is 422 g/mol. The Kier molecular flexibility index (Phi) is 7.49. The molecule has 0 fully saturated rings. The number of halogens is 1. The molecule has 0 saturated heterocycles. The summed E-state index contributed by atoms with van der Waals surface area (Å²) < 4.78 is 26.2. The minimum Gasteiger partial charge on any atom is -0.324 e. The summed E-state index contributed by atoms with van der Waals surface area (Å²) >= 11 is 5.93. The van der Waals surface area contributed by atoms with Gasteiger partial charge in [0.25, 0.3) is 0 Å². The minimum absolute atomic E-state index is 0.331. The minimum atomic E-state index is -3.68. The maximum Gasteiger partial charge on any atom is 0.248 e. The fourth-order valence-electron chi connectivity index (χ4n) is 3.26. The number of anilines is 2. The topological polar surface area (TPSA) is 66.5 Å². The van der Waals surface area contributed by atoms with Crippen LogP contribution in [0.3, 0.4) is 0 Å². The zero-order chi connectivity index (χ0) is 20.9. The number of para-hydroxylation sites is 1. The van der Waals surface area contributed by atoms with Gasteiger partial charge in [0.05, 0.1) is 11.9 Å². The lowest BCUT2D eigenvalue weighted by Gasteiger charge is -2.30. The SMILES string of the molecule is CCc1cccc(CC)c1NC(=O)[C@@H](CC)N(c1ccc(Cl)cc1)S(C)(=O)=O. The van der Waals surface area contributed by atoms with E-state index in [9.17, 15) is 13.2 Å². The molecule has 1 amide bonds. The normalized spacial score (nSPS) is 12.5. The molecular formula is C21H27ClN2O3S. The van der Waals surface area contributed by atoms with Gasteiger partial charge in [0, 0.05) is 10.7 Å². The van der Waals surface area contributed by atoms with E-state index >= 15 is 0 Å². The van der Waals surface area contributed by atoms with Crippen molar-refractivity contribution in [3.63, 3.8) is 0 Å². The van der Waals surface area contributed by atoms with Gasteiger partial charge in [-0.1, -0.05) is 50.6 Å². The molecule has 0 aromatic heterocycles. The molecule has 2 rings (SSSR count). The smallest absolute Gasteiger partial charge is 0.248 e. The number of carbonyl (C=O) groups is 1. The zero-order valence-corrected chi connectivity index (χ0v) is 18.3. The van der Waals surface area contributed by atoms with Gasteiger partial charge in [0.15, 0.2) is 0 Å². The predicted molar refractivity (Wildman–Crippen MR) is 117 cm³/mol. The van der Waals surface area contributed by atoms with Gasteiger partial charge in [-0.15, -0.1) is 0 Å². The van der Waals surface area contributed by atoms with Gasteiger partial charge >= 0.3 is 0 Å². The van der Waals surface area contributed by atoms with Gasteiger partial charge in [0.2, 0.25) is 15.9 Å². The van der Waals surface area contributed by atoms with Crippen molar-refractivity contribution in [1.82, 2.24) is 0 Å². The number of rotatable bonds is 8. The number of aryl methyl sites for hydroxylation is 2. The van der Waals surface area contributed by atoms with Gasteiger partial charge in [-0.3, -0.25) is 9.10 Å². The predicted octanol–water partition coefficient (Wildman–Crippen LogP) is 4.65. The van der Waals surface area contributed by atoms with Crippen LogP contribution >= 0.6 is 11.6 Å². The van der Waals surface area contributed by atoms with Crippen molar-refractivity contribution < 1.29 is 13.2 Å². The third kappa shape index (κ3) is 5.06. The van der Waals surface area contributed by atoms with Crippen molar-refractivity contribution in [2.24, 2.45) is 0 Å². The lowest BCUT2D eigenvalue weighted by molar-refractivity contribution is -0.117. The number of amides is 1. The molecule has 0 aliphatic carbocycles. The Balaban J connectivity index is 2.44. The van der Waals surface area contributed by atoms with Gasteiger partial charge < -0.3 is 5.32 Å². The zero-order valence-electron chi connectivity index (χ0n) is 16.7. The number of hydrogen-bond donors (Lipinski definition) is 1. The third-order valence-electron chi connectivity index (χ3n) is 4.66. The van der Waals surface area contributed by atoms with Gasteiger partial charge in [0.1, 0.15) is 6.04 Å². The fourth-order valence-corrected chi connectivity index (χ4v) is 4.60. The Morgan fingerprint density at radius 2 is 1.57 bits per heavy atom. The summed E-state index contributed by atoms with van der Waals surface area (Å²) in [5.41, 5.74) is 3.24. The Labute approximate surface area is 172 Å².